The van der Waals surface area contributed by atoms with Crippen molar-refractivity contribution in [1.29, 1.82) is 0 Å². The predicted octanol–water partition coefficient (Wildman–Crippen LogP) is 3.76. The maximum absolute atomic E-state index is 11.9. The molecule has 0 radical (unpaired) electrons. The Labute approximate surface area is 328 Å². The lowest BCUT2D eigenvalue weighted by Gasteiger charge is -2.26. The summed E-state index contributed by atoms with van der Waals surface area (Å²) in [5.41, 5.74) is 2.92. The average Bonchev–Trinajstić information content (AvgIpc) is 3.60. The van der Waals surface area contributed by atoms with Gasteiger partial charge in [0.25, 0.3) is 0 Å². The number of aromatic nitrogens is 3. The lowest BCUT2D eigenvalue weighted by molar-refractivity contribution is -0.136. The highest BCUT2D eigenvalue weighted by Gasteiger charge is 2.17. The number of aliphatic carboxylic acids is 1. The van der Waals surface area contributed by atoms with Gasteiger partial charge in [0.05, 0.1) is 39.3 Å². The topological polar surface area (TPSA) is 139 Å². The molecule has 1 amide bonds. The van der Waals surface area contributed by atoms with Crippen LogP contribution in [0.2, 0.25) is 0 Å². The Morgan fingerprint density at radius 1 is 0.784 bits per heavy atom. The normalized spacial score (nSPS) is 16.8. The third kappa shape index (κ3) is 21.7. The third-order valence-corrected chi connectivity index (χ3v) is 8.18. The van der Waals surface area contributed by atoms with E-state index in [9.17, 15) is 9.59 Å². The number of carboxylic acid groups (broad SMARTS) is 1. The predicted molar refractivity (Wildman–Crippen MR) is 213 cm³/mol. The number of carboxylic acids is 1. The van der Waals surface area contributed by atoms with Crippen molar-refractivity contribution in [3.8, 4) is 0 Å². The average molecular weight is 902 g/mol. The highest BCUT2D eigenvalue weighted by molar-refractivity contribution is 9.11. The molecule has 0 spiro atoms. The second-order valence-electron chi connectivity index (χ2n) is 11.2. The molecule has 0 bridgehead atoms. The van der Waals surface area contributed by atoms with E-state index in [1.807, 2.05) is 37.5 Å². The first kappa shape index (κ1) is 44.9. The van der Waals surface area contributed by atoms with Crippen molar-refractivity contribution < 1.29 is 28.9 Å². The van der Waals surface area contributed by atoms with Crippen molar-refractivity contribution >= 4 is 67.5 Å². The lowest BCUT2D eigenvalue weighted by atomic mass is 9.98. The summed E-state index contributed by atoms with van der Waals surface area (Å²) in [7, 11) is 4.27. The summed E-state index contributed by atoms with van der Waals surface area (Å²) >= 11 is 9.97. The van der Waals surface area contributed by atoms with E-state index in [2.05, 4.69) is 79.0 Å². The SMILES string of the molecule is Brc1cncc(CCN2CCOCC2)c1.CNC.O=C(Cc1cncc(Br)c1)N1CCOCC1.O=C(O)Cc1cncc(Br)c1.[BH3-]C1CCCO1. The van der Waals surface area contributed by atoms with Crippen LogP contribution >= 0.6 is 47.8 Å². The van der Waals surface area contributed by atoms with Crippen molar-refractivity contribution in [2.75, 3.05) is 79.9 Å². The summed E-state index contributed by atoms with van der Waals surface area (Å²) in [5, 5.41) is 11.2. The summed E-state index contributed by atoms with van der Waals surface area (Å²) in [5.74, 6) is -0.701. The molecular formula is C35H51BBr3N6O6-. The Hall–Kier alpha value is -2.31. The number of amides is 1. The molecule has 3 aliphatic heterocycles. The maximum atomic E-state index is 11.9. The molecule has 16 heteroatoms. The van der Waals surface area contributed by atoms with Crippen molar-refractivity contribution in [2.24, 2.45) is 0 Å². The van der Waals surface area contributed by atoms with Crippen LogP contribution in [0.15, 0.2) is 68.8 Å². The van der Waals surface area contributed by atoms with Crippen LogP contribution in [0.5, 0.6) is 0 Å². The molecular weight excluding hydrogens is 851 g/mol. The summed E-state index contributed by atoms with van der Waals surface area (Å²) in [6.07, 6.45) is 14.5. The van der Waals surface area contributed by atoms with Crippen molar-refractivity contribution in [3.63, 3.8) is 0 Å². The first-order chi connectivity index (χ1) is 24.6. The van der Waals surface area contributed by atoms with Gasteiger partial charge in [-0.15, -0.1) is 0 Å². The Balaban J connectivity index is 0.000000239. The van der Waals surface area contributed by atoms with Gasteiger partial charge in [0.15, 0.2) is 0 Å². The molecule has 3 aromatic heterocycles. The first-order valence-corrected chi connectivity index (χ1v) is 18.8. The van der Waals surface area contributed by atoms with E-state index in [1.165, 1.54) is 18.4 Å². The molecule has 3 saturated heterocycles. The standard InChI is InChI=1S/C11H13BrN2O2.C11H15BrN2O.C7H6BrNO2.C4H10BO.C2H7N/c12-10-5-9(7-13-8-10)6-11(15)14-1-3-16-4-2-14;12-11-7-10(8-13-9-11)1-2-14-3-5-15-6-4-14;8-6-1-5(2-7(10)11)3-9-4-6;5-4-2-1-3-6-4;1-3-2/h5,7-8H,1-4,6H2;7-9H,1-6H2;1,3-4H,2H2,(H,10,11);4H,1-3H2,5H3;3H,1-2H3/q;;;-1;. The van der Waals surface area contributed by atoms with Crippen LogP contribution in [0.25, 0.3) is 0 Å². The molecule has 1 unspecified atom stereocenters. The molecule has 0 saturated carbocycles. The number of halogens is 3. The Morgan fingerprint density at radius 3 is 1.69 bits per heavy atom. The van der Waals surface area contributed by atoms with Gasteiger partial charge < -0.3 is 29.5 Å². The van der Waals surface area contributed by atoms with E-state index in [0.717, 1.165) is 70.9 Å². The van der Waals surface area contributed by atoms with E-state index in [4.69, 9.17) is 19.3 Å². The minimum absolute atomic E-state index is 0.0203. The van der Waals surface area contributed by atoms with Gasteiger partial charge in [-0.05, 0) is 117 Å². The largest absolute Gasteiger partial charge is 0.481 e. The summed E-state index contributed by atoms with van der Waals surface area (Å²) in [6, 6.07) is 6.59. The van der Waals surface area contributed by atoms with Gasteiger partial charge in [0.2, 0.25) is 5.91 Å². The van der Waals surface area contributed by atoms with E-state index >= 15 is 0 Å². The Bertz CT molecular complexity index is 1410. The van der Waals surface area contributed by atoms with Crippen LogP contribution in [-0.4, -0.2) is 135 Å². The molecule has 0 aliphatic carbocycles. The maximum Gasteiger partial charge on any atom is 0.307 e. The smallest absolute Gasteiger partial charge is 0.307 e. The number of hydrogen-bond donors (Lipinski definition) is 2. The summed E-state index contributed by atoms with van der Waals surface area (Å²) in [4.78, 5) is 38.4. The zero-order valence-electron chi connectivity index (χ0n) is 28.7. The number of pyridine rings is 3. The minimum atomic E-state index is -0.843. The third-order valence-electron chi connectivity index (χ3n) is 6.88. The number of carbonyl (C=O) groups excluding carboxylic acids is 1. The summed E-state index contributed by atoms with van der Waals surface area (Å²) in [6.45, 7) is 8.68. The molecule has 6 heterocycles. The van der Waals surface area contributed by atoms with Crippen LogP contribution in [0.3, 0.4) is 0 Å². The summed E-state index contributed by atoms with van der Waals surface area (Å²) < 4.78 is 18.5. The molecule has 3 aliphatic rings. The second kappa shape index (κ2) is 27.3. The fourth-order valence-corrected chi connectivity index (χ4v) is 5.74. The monoisotopic (exact) mass is 899 g/mol. The zero-order valence-corrected chi connectivity index (χ0v) is 33.5. The van der Waals surface area contributed by atoms with E-state index in [-0.39, 0.29) is 12.3 Å². The molecule has 3 fully saturated rings. The van der Waals surface area contributed by atoms with Gasteiger partial charge in [0, 0.05) is 89.9 Å². The lowest BCUT2D eigenvalue weighted by Crippen LogP contribution is -2.41. The zero-order chi connectivity index (χ0) is 37.3. The number of rotatable bonds is 7. The molecule has 51 heavy (non-hydrogen) atoms. The minimum Gasteiger partial charge on any atom is -0.481 e. The van der Waals surface area contributed by atoms with E-state index < -0.39 is 5.97 Å². The van der Waals surface area contributed by atoms with Crippen molar-refractivity contribution in [3.05, 3.63) is 85.5 Å². The van der Waals surface area contributed by atoms with Gasteiger partial charge in [-0.1, -0.05) is 12.4 Å². The molecule has 282 valence electrons. The van der Waals surface area contributed by atoms with Gasteiger partial charge in [0.1, 0.15) is 0 Å². The molecule has 0 aromatic carbocycles. The molecule has 12 nitrogen and oxygen atoms in total. The number of nitrogens with one attached hydrogen (secondary N) is 1. The van der Waals surface area contributed by atoms with Gasteiger partial charge in [-0.2, -0.15) is 0 Å². The van der Waals surface area contributed by atoms with Gasteiger partial charge >= 0.3 is 5.97 Å². The van der Waals surface area contributed by atoms with Gasteiger partial charge in [-0.25, -0.2) is 0 Å². The van der Waals surface area contributed by atoms with Crippen LogP contribution in [0.1, 0.15) is 29.5 Å². The van der Waals surface area contributed by atoms with Crippen LogP contribution in [0.4, 0.5) is 0 Å². The molecule has 1 atom stereocenters. The fourth-order valence-electron chi connectivity index (χ4n) is 4.50. The van der Waals surface area contributed by atoms with E-state index in [0.29, 0.717) is 46.1 Å². The van der Waals surface area contributed by atoms with Crippen LogP contribution < -0.4 is 5.32 Å². The van der Waals surface area contributed by atoms with Crippen LogP contribution in [-0.2, 0) is 43.1 Å². The first-order valence-electron chi connectivity index (χ1n) is 16.4. The molecule has 6 rings (SSSR count). The number of nitrogens with zero attached hydrogens (tertiary/aromatic N) is 5. The quantitative estimate of drug-likeness (QED) is 0.336. The highest BCUT2D eigenvalue weighted by atomic mass is 79.9. The van der Waals surface area contributed by atoms with Crippen molar-refractivity contribution in [1.82, 2.24) is 30.1 Å². The molecule has 2 N–H and O–H groups in total. The van der Waals surface area contributed by atoms with Gasteiger partial charge in [-0.3, -0.25) is 29.4 Å². The molecule has 3 aromatic rings. The van der Waals surface area contributed by atoms with Crippen LogP contribution in [0, 0.1) is 0 Å². The number of carbonyl (C=O) groups is 2. The Morgan fingerprint density at radius 2 is 1.25 bits per heavy atom. The van der Waals surface area contributed by atoms with Crippen molar-refractivity contribution in [2.45, 2.75) is 38.1 Å². The highest BCUT2D eigenvalue weighted by Crippen LogP contribution is 2.13. The fraction of sp³-hybridized carbons (Fsp3) is 0.514. The number of ether oxygens (including phenoxy) is 3. The number of morpholine rings is 2. The Kier molecular flexibility index (Phi) is 24.0. The van der Waals surface area contributed by atoms with E-state index in [1.54, 1.807) is 30.9 Å². The number of hydrogen-bond acceptors (Lipinski definition) is 10. The second-order valence-corrected chi connectivity index (χ2v) is 13.9.